The van der Waals surface area contributed by atoms with Gasteiger partial charge in [-0.1, -0.05) is 13.3 Å². The molecule has 2 unspecified atom stereocenters. The average Bonchev–Trinajstić information content (AvgIpc) is 2.38. The second-order valence-corrected chi connectivity index (χ2v) is 5.34. The van der Waals surface area contributed by atoms with Crippen LogP contribution in [0.4, 0.5) is 0 Å². The molecule has 0 aromatic rings. The number of rotatable bonds is 5. The number of nitriles is 1. The summed E-state index contributed by atoms with van der Waals surface area (Å²) in [5, 5.41) is 11.9. The van der Waals surface area contributed by atoms with Crippen molar-refractivity contribution >= 4 is 5.91 Å². The molecule has 0 bridgehead atoms. The van der Waals surface area contributed by atoms with Crippen molar-refractivity contribution in [3.05, 3.63) is 11.8 Å². The molecular formula is C15H25N3O. The van der Waals surface area contributed by atoms with Crippen molar-refractivity contribution in [2.45, 2.75) is 65.0 Å². The smallest absolute Gasteiger partial charge is 0.263 e. The number of carbonyl (C=O) groups excluding carboxylic acids is 1. The highest BCUT2D eigenvalue weighted by molar-refractivity contribution is 5.97. The first-order chi connectivity index (χ1) is 9.10. The van der Waals surface area contributed by atoms with Crippen LogP contribution in [0.15, 0.2) is 11.8 Å². The van der Waals surface area contributed by atoms with Gasteiger partial charge in [-0.3, -0.25) is 4.79 Å². The zero-order valence-electron chi connectivity index (χ0n) is 12.3. The number of hydrogen-bond acceptors (Lipinski definition) is 3. The molecule has 1 amide bonds. The molecule has 1 rings (SSSR count). The number of unbranched alkanes of at least 4 members (excludes halogenated alkanes) is 1. The Morgan fingerprint density at radius 1 is 1.42 bits per heavy atom. The van der Waals surface area contributed by atoms with E-state index in [0.717, 1.165) is 25.7 Å². The summed E-state index contributed by atoms with van der Waals surface area (Å²) in [7, 11) is 0. The zero-order chi connectivity index (χ0) is 14.3. The van der Waals surface area contributed by atoms with E-state index in [9.17, 15) is 4.79 Å². The van der Waals surface area contributed by atoms with Gasteiger partial charge in [0.15, 0.2) is 0 Å². The summed E-state index contributed by atoms with van der Waals surface area (Å²) >= 11 is 0. The maximum Gasteiger partial charge on any atom is 0.263 e. The van der Waals surface area contributed by atoms with Crippen LogP contribution in [0.25, 0.3) is 0 Å². The van der Waals surface area contributed by atoms with Crippen LogP contribution in [0.3, 0.4) is 0 Å². The van der Waals surface area contributed by atoms with Crippen molar-refractivity contribution in [1.82, 2.24) is 10.2 Å². The number of piperidine rings is 1. The minimum Gasteiger partial charge on any atom is -0.371 e. The van der Waals surface area contributed by atoms with Gasteiger partial charge in [0.1, 0.15) is 11.6 Å². The van der Waals surface area contributed by atoms with Crippen molar-refractivity contribution < 1.29 is 4.79 Å². The van der Waals surface area contributed by atoms with Gasteiger partial charge in [0, 0.05) is 24.8 Å². The molecule has 0 saturated carbocycles. The summed E-state index contributed by atoms with van der Waals surface area (Å²) in [6.07, 6.45) is 7.19. The van der Waals surface area contributed by atoms with Crippen molar-refractivity contribution in [2.75, 3.05) is 6.54 Å². The maximum absolute atomic E-state index is 11.9. The van der Waals surface area contributed by atoms with E-state index in [1.165, 1.54) is 6.42 Å². The second kappa shape index (κ2) is 7.83. The number of nitrogens with one attached hydrogen (secondary N) is 1. The van der Waals surface area contributed by atoms with E-state index in [-0.39, 0.29) is 11.5 Å². The molecule has 0 spiro atoms. The Bertz CT molecular complexity index is 360. The number of amides is 1. The Morgan fingerprint density at radius 2 is 2.05 bits per heavy atom. The summed E-state index contributed by atoms with van der Waals surface area (Å²) in [6, 6.07) is 2.82. The normalized spacial score (nSPS) is 23.9. The van der Waals surface area contributed by atoms with Crippen molar-refractivity contribution in [1.29, 1.82) is 5.26 Å². The minimum absolute atomic E-state index is 0.219. The Hall–Kier alpha value is -1.50. The van der Waals surface area contributed by atoms with Crippen LogP contribution in [-0.2, 0) is 4.79 Å². The summed E-state index contributed by atoms with van der Waals surface area (Å²) in [5.41, 5.74) is 0.219. The molecule has 1 saturated heterocycles. The standard InChI is InChI=1S/C15H25N3O/c1-4-5-9-17-15(19)14(10-16)11-18-12(2)7-6-8-13(18)3/h11-13H,4-9H2,1-3H3,(H,17,19)/b14-11-. The van der Waals surface area contributed by atoms with Gasteiger partial charge in [-0.2, -0.15) is 5.26 Å². The summed E-state index contributed by atoms with van der Waals surface area (Å²) in [4.78, 5) is 14.1. The largest absolute Gasteiger partial charge is 0.371 e. The van der Waals surface area contributed by atoms with Gasteiger partial charge in [0.2, 0.25) is 0 Å². The molecular weight excluding hydrogens is 238 g/mol. The molecule has 1 fully saturated rings. The molecule has 1 N–H and O–H groups in total. The number of hydrogen-bond donors (Lipinski definition) is 1. The fraction of sp³-hybridized carbons (Fsp3) is 0.733. The van der Waals surface area contributed by atoms with Gasteiger partial charge >= 0.3 is 0 Å². The van der Waals surface area contributed by atoms with Crippen LogP contribution in [-0.4, -0.2) is 29.4 Å². The molecule has 19 heavy (non-hydrogen) atoms. The molecule has 0 aromatic heterocycles. The molecule has 1 heterocycles. The van der Waals surface area contributed by atoms with Crippen LogP contribution >= 0.6 is 0 Å². The molecule has 1 aliphatic rings. The third-order valence-electron chi connectivity index (χ3n) is 3.72. The quantitative estimate of drug-likeness (QED) is 0.471. The van der Waals surface area contributed by atoms with Crippen molar-refractivity contribution in [2.24, 2.45) is 0 Å². The van der Waals surface area contributed by atoms with Crippen molar-refractivity contribution in [3.8, 4) is 6.07 Å². The molecule has 0 radical (unpaired) electrons. The Balaban J connectivity index is 2.69. The van der Waals surface area contributed by atoms with E-state index < -0.39 is 0 Å². The monoisotopic (exact) mass is 263 g/mol. The SMILES string of the molecule is CCCCNC(=O)/C(C#N)=C\N1C(C)CCCC1C. The maximum atomic E-state index is 11.9. The zero-order valence-corrected chi connectivity index (χ0v) is 12.3. The lowest BCUT2D eigenvalue weighted by atomic mass is 9.98. The summed E-state index contributed by atoms with van der Waals surface area (Å²) < 4.78 is 0. The average molecular weight is 263 g/mol. The first-order valence-electron chi connectivity index (χ1n) is 7.27. The number of likely N-dealkylation sites (tertiary alicyclic amines) is 1. The third-order valence-corrected chi connectivity index (χ3v) is 3.72. The highest BCUT2D eigenvalue weighted by Crippen LogP contribution is 2.23. The summed E-state index contributed by atoms with van der Waals surface area (Å²) in [5.74, 6) is -0.249. The molecule has 0 aliphatic carbocycles. The molecule has 106 valence electrons. The molecule has 4 nitrogen and oxygen atoms in total. The minimum atomic E-state index is -0.249. The molecule has 1 aliphatic heterocycles. The number of nitrogens with zero attached hydrogens (tertiary/aromatic N) is 2. The van der Waals surface area contributed by atoms with E-state index in [1.54, 1.807) is 6.20 Å². The lowest BCUT2D eigenvalue weighted by Gasteiger charge is -2.38. The third kappa shape index (κ3) is 4.59. The van der Waals surface area contributed by atoms with Crippen molar-refractivity contribution in [3.63, 3.8) is 0 Å². The fourth-order valence-electron chi connectivity index (χ4n) is 2.46. The Labute approximate surface area is 116 Å². The second-order valence-electron chi connectivity index (χ2n) is 5.34. The van der Waals surface area contributed by atoms with Crippen LogP contribution in [0.2, 0.25) is 0 Å². The molecule has 0 aromatic carbocycles. The Kier molecular flexibility index (Phi) is 6.41. The van der Waals surface area contributed by atoms with Gasteiger partial charge in [-0.25, -0.2) is 0 Å². The van der Waals surface area contributed by atoms with Gasteiger partial charge in [0.05, 0.1) is 0 Å². The lowest BCUT2D eigenvalue weighted by Crippen LogP contribution is -2.40. The van der Waals surface area contributed by atoms with E-state index in [4.69, 9.17) is 5.26 Å². The van der Waals surface area contributed by atoms with Gasteiger partial charge < -0.3 is 10.2 Å². The summed E-state index contributed by atoms with van der Waals surface area (Å²) in [6.45, 7) is 7.01. The number of carbonyl (C=O) groups is 1. The van der Waals surface area contributed by atoms with Crippen LogP contribution in [0.1, 0.15) is 52.9 Å². The molecule has 4 heteroatoms. The van der Waals surface area contributed by atoms with Gasteiger partial charge in [-0.15, -0.1) is 0 Å². The fourth-order valence-corrected chi connectivity index (χ4v) is 2.46. The predicted molar refractivity (Wildman–Crippen MR) is 76.2 cm³/mol. The lowest BCUT2D eigenvalue weighted by molar-refractivity contribution is -0.117. The van der Waals surface area contributed by atoms with Crippen LogP contribution in [0.5, 0.6) is 0 Å². The first kappa shape index (κ1) is 15.6. The topological polar surface area (TPSA) is 56.1 Å². The molecule has 2 atom stereocenters. The Morgan fingerprint density at radius 3 is 2.58 bits per heavy atom. The van der Waals surface area contributed by atoms with E-state index >= 15 is 0 Å². The van der Waals surface area contributed by atoms with Crippen LogP contribution < -0.4 is 5.32 Å². The van der Waals surface area contributed by atoms with Gasteiger partial charge in [-0.05, 0) is 39.5 Å². The highest BCUT2D eigenvalue weighted by atomic mass is 16.1. The van der Waals surface area contributed by atoms with E-state index in [1.807, 2.05) is 6.07 Å². The van der Waals surface area contributed by atoms with E-state index in [0.29, 0.717) is 18.6 Å². The van der Waals surface area contributed by atoms with E-state index in [2.05, 4.69) is 31.0 Å². The highest BCUT2D eigenvalue weighted by Gasteiger charge is 2.23. The van der Waals surface area contributed by atoms with Crippen LogP contribution in [0, 0.1) is 11.3 Å². The predicted octanol–water partition coefficient (Wildman–Crippen LogP) is 2.57. The first-order valence-corrected chi connectivity index (χ1v) is 7.27. The van der Waals surface area contributed by atoms with Gasteiger partial charge in [0.25, 0.3) is 5.91 Å².